The van der Waals surface area contributed by atoms with Crippen LogP contribution in [0.4, 0.5) is 4.39 Å². The number of benzene rings is 1. The van der Waals surface area contributed by atoms with Gasteiger partial charge < -0.3 is 9.84 Å². The molecular weight excluding hydrogens is 207 g/mol. The van der Waals surface area contributed by atoms with Crippen molar-refractivity contribution >= 4 is 0 Å². The van der Waals surface area contributed by atoms with Crippen LogP contribution in [0.1, 0.15) is 12.6 Å². The van der Waals surface area contributed by atoms with Crippen molar-refractivity contribution in [3.8, 4) is 11.3 Å². The fourth-order valence-electron chi connectivity index (χ4n) is 1.40. The summed E-state index contributed by atoms with van der Waals surface area (Å²) in [7, 11) is 0. The largest absolute Gasteiger partial charge is 0.356 e. The van der Waals surface area contributed by atoms with E-state index in [4.69, 9.17) is 4.52 Å². The zero-order valence-corrected chi connectivity index (χ0v) is 9.03. The summed E-state index contributed by atoms with van der Waals surface area (Å²) in [5, 5.41) is 7.08. The second-order valence-electron chi connectivity index (χ2n) is 3.47. The molecule has 0 aliphatic rings. The number of aromatic nitrogens is 1. The maximum Gasteiger partial charge on any atom is 0.167 e. The second-order valence-corrected chi connectivity index (χ2v) is 3.47. The zero-order chi connectivity index (χ0) is 11.4. The van der Waals surface area contributed by atoms with Gasteiger partial charge in [0.2, 0.25) is 0 Å². The minimum atomic E-state index is -0.254. The Morgan fingerprint density at radius 1 is 1.31 bits per heavy atom. The van der Waals surface area contributed by atoms with E-state index >= 15 is 0 Å². The van der Waals surface area contributed by atoms with Crippen molar-refractivity contribution < 1.29 is 8.91 Å². The summed E-state index contributed by atoms with van der Waals surface area (Å²) < 4.78 is 17.9. The molecule has 4 heteroatoms. The van der Waals surface area contributed by atoms with Crippen LogP contribution >= 0.6 is 0 Å². The Hall–Kier alpha value is -1.68. The molecule has 1 N–H and O–H groups in total. The molecule has 0 spiro atoms. The summed E-state index contributed by atoms with van der Waals surface area (Å²) in [5.74, 6) is 0.407. The molecule has 2 aromatic rings. The number of nitrogens with one attached hydrogen (secondary N) is 1. The van der Waals surface area contributed by atoms with Crippen molar-refractivity contribution in [2.45, 2.75) is 13.5 Å². The maximum atomic E-state index is 12.7. The Labute approximate surface area is 93.3 Å². The molecule has 0 fully saturated rings. The Bertz CT molecular complexity index is 450. The molecule has 3 nitrogen and oxygen atoms in total. The van der Waals surface area contributed by atoms with E-state index in [1.165, 1.54) is 12.1 Å². The number of hydrogen-bond donors (Lipinski definition) is 1. The molecule has 1 heterocycles. The molecule has 0 bridgehead atoms. The topological polar surface area (TPSA) is 38.1 Å². The van der Waals surface area contributed by atoms with Crippen molar-refractivity contribution in [2.24, 2.45) is 0 Å². The van der Waals surface area contributed by atoms with Crippen molar-refractivity contribution in [3.05, 3.63) is 41.8 Å². The predicted molar refractivity (Wildman–Crippen MR) is 59.3 cm³/mol. The third kappa shape index (κ3) is 2.46. The molecule has 1 aromatic carbocycles. The van der Waals surface area contributed by atoms with E-state index < -0.39 is 0 Å². The van der Waals surface area contributed by atoms with E-state index in [1.54, 1.807) is 12.1 Å². The van der Waals surface area contributed by atoms with E-state index in [9.17, 15) is 4.39 Å². The van der Waals surface area contributed by atoms with Gasteiger partial charge in [0.25, 0.3) is 0 Å². The Morgan fingerprint density at radius 3 is 2.75 bits per heavy atom. The van der Waals surface area contributed by atoms with Gasteiger partial charge in [0.15, 0.2) is 5.76 Å². The highest BCUT2D eigenvalue weighted by Gasteiger charge is 2.06. The minimum Gasteiger partial charge on any atom is -0.356 e. The van der Waals surface area contributed by atoms with Crippen LogP contribution in [0.2, 0.25) is 0 Å². The zero-order valence-electron chi connectivity index (χ0n) is 9.03. The van der Waals surface area contributed by atoms with Crippen LogP contribution in [0.25, 0.3) is 11.3 Å². The highest BCUT2D eigenvalue weighted by molar-refractivity contribution is 5.56. The summed E-state index contributed by atoms with van der Waals surface area (Å²) in [5.41, 5.74) is 1.68. The summed E-state index contributed by atoms with van der Waals surface area (Å²) in [6.45, 7) is 3.60. The number of rotatable bonds is 4. The summed E-state index contributed by atoms with van der Waals surface area (Å²) in [6, 6.07) is 8.01. The van der Waals surface area contributed by atoms with Gasteiger partial charge in [-0.1, -0.05) is 12.1 Å². The lowest BCUT2D eigenvalue weighted by Crippen LogP contribution is -2.11. The van der Waals surface area contributed by atoms with Gasteiger partial charge in [-0.3, -0.25) is 0 Å². The minimum absolute atomic E-state index is 0.254. The van der Waals surface area contributed by atoms with E-state index in [1.807, 2.05) is 13.0 Å². The van der Waals surface area contributed by atoms with Gasteiger partial charge in [-0.05, 0) is 30.8 Å². The second kappa shape index (κ2) is 4.90. The lowest BCUT2D eigenvalue weighted by atomic mass is 10.1. The third-order valence-electron chi connectivity index (χ3n) is 2.24. The van der Waals surface area contributed by atoms with Crippen LogP contribution in [0.15, 0.2) is 34.9 Å². The van der Waals surface area contributed by atoms with Crippen LogP contribution in [0.3, 0.4) is 0 Å². The standard InChI is InChI=1S/C12H13FN2O/c1-2-14-8-11-7-12(16-15-11)9-3-5-10(13)6-4-9/h3-7,14H,2,8H2,1H3. The monoisotopic (exact) mass is 220 g/mol. The van der Waals surface area contributed by atoms with E-state index in [-0.39, 0.29) is 5.82 Å². The van der Waals surface area contributed by atoms with Crippen LogP contribution in [-0.2, 0) is 6.54 Å². The molecule has 0 unspecified atom stereocenters. The Kier molecular flexibility index (Phi) is 3.31. The smallest absolute Gasteiger partial charge is 0.167 e. The molecule has 0 amide bonds. The van der Waals surface area contributed by atoms with Gasteiger partial charge in [0.05, 0.1) is 5.69 Å². The summed E-state index contributed by atoms with van der Waals surface area (Å²) >= 11 is 0. The van der Waals surface area contributed by atoms with Crippen molar-refractivity contribution in [3.63, 3.8) is 0 Å². The lowest BCUT2D eigenvalue weighted by Gasteiger charge is -1.94. The normalized spacial score (nSPS) is 10.6. The highest BCUT2D eigenvalue weighted by Crippen LogP contribution is 2.20. The van der Waals surface area contributed by atoms with Crippen LogP contribution in [0.5, 0.6) is 0 Å². The van der Waals surface area contributed by atoms with E-state index in [0.717, 1.165) is 17.8 Å². The molecule has 0 saturated carbocycles. The Morgan fingerprint density at radius 2 is 2.06 bits per heavy atom. The fraction of sp³-hybridized carbons (Fsp3) is 0.250. The molecule has 84 valence electrons. The van der Waals surface area contributed by atoms with Crippen LogP contribution in [0, 0.1) is 5.82 Å². The van der Waals surface area contributed by atoms with Gasteiger partial charge in [-0.25, -0.2) is 4.39 Å². The summed E-state index contributed by atoms with van der Waals surface area (Å²) in [4.78, 5) is 0. The van der Waals surface area contributed by atoms with Gasteiger partial charge in [0, 0.05) is 18.2 Å². The summed E-state index contributed by atoms with van der Waals surface area (Å²) in [6.07, 6.45) is 0. The quantitative estimate of drug-likeness (QED) is 0.860. The molecule has 0 atom stereocenters. The number of halogens is 1. The van der Waals surface area contributed by atoms with E-state index in [2.05, 4.69) is 10.5 Å². The number of hydrogen-bond acceptors (Lipinski definition) is 3. The third-order valence-corrected chi connectivity index (χ3v) is 2.24. The molecule has 0 saturated heterocycles. The van der Waals surface area contributed by atoms with Crippen LogP contribution < -0.4 is 5.32 Å². The van der Waals surface area contributed by atoms with Crippen molar-refractivity contribution in [1.82, 2.24) is 10.5 Å². The first-order valence-electron chi connectivity index (χ1n) is 5.22. The maximum absolute atomic E-state index is 12.7. The van der Waals surface area contributed by atoms with E-state index in [0.29, 0.717) is 12.3 Å². The predicted octanol–water partition coefficient (Wildman–Crippen LogP) is 2.59. The molecule has 2 rings (SSSR count). The molecular formula is C12H13FN2O. The lowest BCUT2D eigenvalue weighted by molar-refractivity contribution is 0.420. The molecule has 1 aromatic heterocycles. The molecule has 0 radical (unpaired) electrons. The number of nitrogens with zero attached hydrogens (tertiary/aromatic N) is 1. The first-order chi connectivity index (χ1) is 7.79. The molecule has 0 aliphatic carbocycles. The Balaban J connectivity index is 2.15. The van der Waals surface area contributed by atoms with Gasteiger partial charge in [-0.15, -0.1) is 0 Å². The van der Waals surface area contributed by atoms with Crippen LogP contribution in [-0.4, -0.2) is 11.7 Å². The highest BCUT2D eigenvalue weighted by atomic mass is 19.1. The molecule has 16 heavy (non-hydrogen) atoms. The van der Waals surface area contributed by atoms with Crippen molar-refractivity contribution in [2.75, 3.05) is 6.54 Å². The van der Waals surface area contributed by atoms with Gasteiger partial charge in [-0.2, -0.15) is 0 Å². The first kappa shape index (κ1) is 10.8. The van der Waals surface area contributed by atoms with Gasteiger partial charge in [0.1, 0.15) is 5.82 Å². The SMILES string of the molecule is CCNCc1cc(-c2ccc(F)cc2)on1. The fourth-order valence-corrected chi connectivity index (χ4v) is 1.40. The average molecular weight is 220 g/mol. The average Bonchev–Trinajstić information content (AvgIpc) is 2.76. The molecule has 0 aliphatic heterocycles. The van der Waals surface area contributed by atoms with Gasteiger partial charge >= 0.3 is 0 Å². The first-order valence-corrected chi connectivity index (χ1v) is 5.22. The van der Waals surface area contributed by atoms with Crippen molar-refractivity contribution in [1.29, 1.82) is 0 Å².